The molecule has 0 aliphatic carbocycles. The van der Waals surface area contributed by atoms with Crippen LogP contribution in [0, 0.1) is 0 Å². The van der Waals surface area contributed by atoms with Crippen LogP contribution in [-0.4, -0.2) is 25.1 Å². The molecule has 2 aromatic heterocycles. The number of rotatable bonds is 3. The molecule has 16 heavy (non-hydrogen) atoms. The van der Waals surface area contributed by atoms with Gasteiger partial charge in [0.25, 0.3) is 0 Å². The molecule has 0 atom stereocenters. The van der Waals surface area contributed by atoms with E-state index in [0.29, 0.717) is 10.3 Å². The lowest BCUT2D eigenvalue weighted by molar-refractivity contribution is 0.801. The second-order valence-corrected chi connectivity index (χ2v) is 4.77. The fourth-order valence-corrected chi connectivity index (χ4v) is 2.59. The van der Waals surface area contributed by atoms with E-state index < -0.39 is 0 Å². The molecular formula is C9H10ClN5S. The van der Waals surface area contributed by atoms with Crippen molar-refractivity contribution in [1.29, 1.82) is 0 Å². The summed E-state index contributed by atoms with van der Waals surface area (Å²) >= 11 is 7.45. The molecule has 0 fully saturated rings. The smallest absolute Gasteiger partial charge is 0.189 e. The molecule has 84 valence electrons. The van der Waals surface area contributed by atoms with Gasteiger partial charge in [-0.15, -0.1) is 0 Å². The molecule has 0 amide bonds. The van der Waals surface area contributed by atoms with Crippen LogP contribution in [0.25, 0.3) is 0 Å². The van der Waals surface area contributed by atoms with Gasteiger partial charge >= 0.3 is 0 Å². The highest BCUT2D eigenvalue weighted by Crippen LogP contribution is 2.33. The topological polar surface area (TPSA) is 67.3 Å². The van der Waals surface area contributed by atoms with Gasteiger partial charge in [-0.05, 0) is 17.7 Å². The minimum atomic E-state index is 0.263. The number of nitrogens with one attached hydrogen (secondary N) is 1. The third-order valence-corrected chi connectivity index (χ3v) is 3.17. The van der Waals surface area contributed by atoms with E-state index in [1.165, 1.54) is 24.4 Å². The first-order valence-corrected chi connectivity index (χ1v) is 5.91. The average molecular weight is 256 g/mol. The third kappa shape index (κ3) is 2.33. The van der Waals surface area contributed by atoms with E-state index in [-0.39, 0.29) is 5.92 Å². The van der Waals surface area contributed by atoms with Crippen molar-refractivity contribution in [2.45, 2.75) is 29.9 Å². The van der Waals surface area contributed by atoms with Crippen LogP contribution >= 0.6 is 23.4 Å². The minimum absolute atomic E-state index is 0.263. The molecular weight excluding hydrogens is 246 g/mol. The highest BCUT2D eigenvalue weighted by atomic mass is 35.5. The van der Waals surface area contributed by atoms with Crippen molar-refractivity contribution in [3.8, 4) is 0 Å². The standard InChI is InChI=1S/C9H10ClN5S/c1-5(2)6-7(10)11-3-12-8(6)16-9-13-4-14-15-9/h3-5H,1-2H3,(H,13,14,15). The van der Waals surface area contributed by atoms with Crippen LogP contribution in [0.15, 0.2) is 22.8 Å². The monoisotopic (exact) mass is 255 g/mol. The Morgan fingerprint density at radius 1 is 1.25 bits per heavy atom. The molecule has 0 saturated carbocycles. The van der Waals surface area contributed by atoms with Gasteiger partial charge in [0.2, 0.25) is 0 Å². The average Bonchev–Trinajstić information content (AvgIpc) is 2.70. The van der Waals surface area contributed by atoms with Crippen molar-refractivity contribution in [2.75, 3.05) is 0 Å². The van der Waals surface area contributed by atoms with Crippen LogP contribution in [0.4, 0.5) is 0 Å². The molecule has 7 heteroatoms. The number of halogens is 1. The van der Waals surface area contributed by atoms with Crippen LogP contribution in [0.5, 0.6) is 0 Å². The molecule has 2 rings (SSSR count). The third-order valence-electron chi connectivity index (χ3n) is 1.96. The van der Waals surface area contributed by atoms with E-state index in [0.717, 1.165) is 10.6 Å². The van der Waals surface area contributed by atoms with E-state index in [1.54, 1.807) is 0 Å². The van der Waals surface area contributed by atoms with Crippen LogP contribution < -0.4 is 0 Å². The summed E-state index contributed by atoms with van der Waals surface area (Å²) in [5.41, 5.74) is 0.936. The Bertz CT molecular complexity index is 471. The summed E-state index contributed by atoms with van der Waals surface area (Å²) in [5, 5.41) is 8.55. The summed E-state index contributed by atoms with van der Waals surface area (Å²) < 4.78 is 0. The van der Waals surface area contributed by atoms with Crippen LogP contribution in [0.3, 0.4) is 0 Å². The van der Waals surface area contributed by atoms with Crippen LogP contribution in [0.2, 0.25) is 5.15 Å². The van der Waals surface area contributed by atoms with Crippen molar-refractivity contribution in [1.82, 2.24) is 25.1 Å². The van der Waals surface area contributed by atoms with Gasteiger partial charge in [-0.3, -0.25) is 5.10 Å². The van der Waals surface area contributed by atoms with Gasteiger partial charge in [0, 0.05) is 5.56 Å². The lowest BCUT2D eigenvalue weighted by atomic mass is 10.1. The van der Waals surface area contributed by atoms with Crippen molar-refractivity contribution in [2.24, 2.45) is 0 Å². The Balaban J connectivity index is 2.37. The second-order valence-electron chi connectivity index (χ2n) is 3.43. The maximum Gasteiger partial charge on any atom is 0.189 e. The summed E-state index contributed by atoms with van der Waals surface area (Å²) in [6, 6.07) is 0. The number of H-pyrrole nitrogens is 1. The maximum atomic E-state index is 6.05. The molecule has 2 aromatic rings. The first-order chi connectivity index (χ1) is 7.68. The van der Waals surface area contributed by atoms with Crippen molar-refractivity contribution in [3.05, 3.63) is 23.4 Å². The quantitative estimate of drug-likeness (QED) is 0.854. The Morgan fingerprint density at radius 3 is 2.69 bits per heavy atom. The van der Waals surface area contributed by atoms with E-state index in [1.807, 2.05) is 0 Å². The fraction of sp³-hybridized carbons (Fsp3) is 0.333. The highest BCUT2D eigenvalue weighted by Gasteiger charge is 2.15. The summed E-state index contributed by atoms with van der Waals surface area (Å²) in [4.78, 5) is 12.2. The van der Waals surface area contributed by atoms with Gasteiger partial charge in [-0.1, -0.05) is 25.4 Å². The molecule has 5 nitrogen and oxygen atoms in total. The predicted molar refractivity (Wildman–Crippen MR) is 61.6 cm³/mol. The lowest BCUT2D eigenvalue weighted by Crippen LogP contribution is -1.98. The highest BCUT2D eigenvalue weighted by molar-refractivity contribution is 7.99. The number of aromatic amines is 1. The van der Waals surface area contributed by atoms with Crippen LogP contribution in [0.1, 0.15) is 25.3 Å². The largest absolute Gasteiger partial charge is 0.254 e. The first-order valence-electron chi connectivity index (χ1n) is 4.72. The molecule has 0 unspecified atom stereocenters. The molecule has 1 N–H and O–H groups in total. The molecule has 0 spiro atoms. The van der Waals surface area contributed by atoms with Crippen molar-refractivity contribution >= 4 is 23.4 Å². The Hall–Kier alpha value is -1.14. The molecule has 0 radical (unpaired) electrons. The predicted octanol–water partition coefficient (Wildman–Crippen LogP) is 2.52. The van der Waals surface area contributed by atoms with Gasteiger partial charge in [0.05, 0.1) is 0 Å². The van der Waals surface area contributed by atoms with Gasteiger partial charge in [0.15, 0.2) is 5.16 Å². The molecule has 0 saturated heterocycles. The summed E-state index contributed by atoms with van der Waals surface area (Å²) in [6.45, 7) is 4.10. The van der Waals surface area contributed by atoms with Crippen molar-refractivity contribution < 1.29 is 0 Å². The number of hydrogen-bond acceptors (Lipinski definition) is 5. The molecule has 0 aliphatic heterocycles. The van der Waals surface area contributed by atoms with Gasteiger partial charge < -0.3 is 0 Å². The number of nitrogens with zero attached hydrogens (tertiary/aromatic N) is 4. The SMILES string of the molecule is CC(C)c1c(Cl)ncnc1Sc1ncn[nH]1. The van der Waals surface area contributed by atoms with Crippen LogP contribution in [-0.2, 0) is 0 Å². The summed E-state index contributed by atoms with van der Waals surface area (Å²) in [5.74, 6) is 0.263. The van der Waals surface area contributed by atoms with Gasteiger partial charge in [0.1, 0.15) is 22.8 Å². The molecule has 0 bridgehead atoms. The van der Waals surface area contributed by atoms with Gasteiger partial charge in [-0.2, -0.15) is 5.10 Å². The lowest BCUT2D eigenvalue weighted by Gasteiger charge is -2.10. The van der Waals surface area contributed by atoms with E-state index in [4.69, 9.17) is 11.6 Å². The van der Waals surface area contributed by atoms with E-state index in [2.05, 4.69) is 39.0 Å². The Morgan fingerprint density at radius 2 is 2.06 bits per heavy atom. The van der Waals surface area contributed by atoms with E-state index in [9.17, 15) is 0 Å². The Labute approximate surface area is 102 Å². The molecule has 2 heterocycles. The second kappa shape index (κ2) is 4.80. The molecule has 0 aliphatic rings. The number of aromatic nitrogens is 5. The van der Waals surface area contributed by atoms with Crippen molar-refractivity contribution in [3.63, 3.8) is 0 Å². The first kappa shape index (κ1) is 11.3. The summed E-state index contributed by atoms with van der Waals surface area (Å²) in [6.07, 6.45) is 2.91. The zero-order valence-electron chi connectivity index (χ0n) is 8.81. The van der Waals surface area contributed by atoms with Gasteiger partial charge in [-0.25, -0.2) is 15.0 Å². The zero-order valence-corrected chi connectivity index (χ0v) is 10.4. The number of hydrogen-bond donors (Lipinski definition) is 1. The Kier molecular flexibility index (Phi) is 3.40. The van der Waals surface area contributed by atoms with E-state index >= 15 is 0 Å². The normalized spacial score (nSPS) is 11.0. The fourth-order valence-electron chi connectivity index (χ4n) is 1.26. The maximum absolute atomic E-state index is 6.05. The molecule has 0 aromatic carbocycles. The minimum Gasteiger partial charge on any atom is -0.254 e. The zero-order chi connectivity index (χ0) is 11.5. The summed E-state index contributed by atoms with van der Waals surface area (Å²) in [7, 11) is 0.